The molecule has 1 N–H and O–H groups in total. The molecule has 1 saturated heterocycles. The molecular formula is C24H22F3N3O2. The van der Waals surface area contributed by atoms with Crippen molar-refractivity contribution in [2.24, 2.45) is 0 Å². The maximum atomic E-state index is 12.9. The third-order valence-corrected chi connectivity index (χ3v) is 5.25. The maximum absolute atomic E-state index is 12.9. The molecule has 1 aliphatic heterocycles. The first-order valence-electron chi connectivity index (χ1n) is 10.2. The Labute approximate surface area is 183 Å². The van der Waals surface area contributed by atoms with Crippen LogP contribution in [0.25, 0.3) is 11.1 Å². The van der Waals surface area contributed by atoms with E-state index in [2.05, 4.69) is 15.2 Å². The molecule has 5 nitrogen and oxygen atoms in total. The normalized spacial score (nSPS) is 14.3. The van der Waals surface area contributed by atoms with E-state index in [1.165, 1.54) is 6.07 Å². The van der Waals surface area contributed by atoms with Crippen LogP contribution in [0.15, 0.2) is 66.9 Å². The third kappa shape index (κ3) is 5.26. The molecule has 0 atom stereocenters. The van der Waals surface area contributed by atoms with E-state index >= 15 is 0 Å². The van der Waals surface area contributed by atoms with Crippen LogP contribution in [0.4, 0.5) is 19.0 Å². The minimum atomic E-state index is -4.42. The molecule has 0 bridgehead atoms. The van der Waals surface area contributed by atoms with E-state index in [1.807, 2.05) is 18.2 Å². The quantitative estimate of drug-likeness (QED) is 0.632. The Hall–Kier alpha value is -3.39. The molecule has 0 unspecified atom stereocenters. The number of pyridine rings is 1. The van der Waals surface area contributed by atoms with Gasteiger partial charge in [-0.1, -0.05) is 24.3 Å². The van der Waals surface area contributed by atoms with Crippen molar-refractivity contribution in [1.82, 2.24) is 10.3 Å². The van der Waals surface area contributed by atoms with E-state index in [0.29, 0.717) is 24.3 Å². The zero-order chi connectivity index (χ0) is 22.6. The molecule has 0 radical (unpaired) electrons. The van der Waals surface area contributed by atoms with Gasteiger partial charge >= 0.3 is 6.18 Å². The van der Waals surface area contributed by atoms with E-state index < -0.39 is 11.7 Å². The standard InChI is InChI=1S/C24H22F3N3O2/c25-24(26,27)21-6-1-3-17(13-21)15-29-23(31)19-5-2-4-18(14-19)20-7-8-22(28-16-20)30-9-11-32-12-10-30/h1-8,13-14,16H,9-12,15H2,(H,29,31). The maximum Gasteiger partial charge on any atom is 0.416 e. The number of aromatic nitrogens is 1. The molecule has 1 aromatic heterocycles. The molecule has 2 aromatic carbocycles. The Balaban J connectivity index is 1.43. The second-order valence-electron chi connectivity index (χ2n) is 7.47. The summed E-state index contributed by atoms with van der Waals surface area (Å²) in [5.74, 6) is 0.522. The predicted molar refractivity (Wildman–Crippen MR) is 115 cm³/mol. The van der Waals surface area contributed by atoms with Crippen molar-refractivity contribution in [3.8, 4) is 11.1 Å². The van der Waals surface area contributed by atoms with Crippen LogP contribution in [-0.4, -0.2) is 37.2 Å². The first kappa shape index (κ1) is 21.8. The van der Waals surface area contributed by atoms with Crippen molar-refractivity contribution in [3.05, 3.63) is 83.6 Å². The lowest BCUT2D eigenvalue weighted by atomic mass is 10.0. The number of amides is 1. The molecule has 32 heavy (non-hydrogen) atoms. The van der Waals surface area contributed by atoms with Crippen molar-refractivity contribution in [2.45, 2.75) is 12.7 Å². The summed E-state index contributed by atoms with van der Waals surface area (Å²) < 4.78 is 44.0. The Morgan fingerprint density at radius 1 is 1.00 bits per heavy atom. The van der Waals surface area contributed by atoms with Crippen LogP contribution in [0.1, 0.15) is 21.5 Å². The largest absolute Gasteiger partial charge is 0.416 e. The highest BCUT2D eigenvalue weighted by Crippen LogP contribution is 2.29. The van der Waals surface area contributed by atoms with Gasteiger partial charge in [-0.05, 0) is 47.5 Å². The average molecular weight is 441 g/mol. The summed E-state index contributed by atoms with van der Waals surface area (Å²) in [5.41, 5.74) is 1.77. The van der Waals surface area contributed by atoms with Crippen molar-refractivity contribution in [2.75, 3.05) is 31.2 Å². The van der Waals surface area contributed by atoms with Gasteiger partial charge in [0.05, 0.1) is 18.8 Å². The SMILES string of the molecule is O=C(NCc1cccc(C(F)(F)F)c1)c1cccc(-c2ccc(N3CCOCC3)nc2)c1. The highest BCUT2D eigenvalue weighted by atomic mass is 19.4. The molecule has 0 aliphatic carbocycles. The van der Waals surface area contributed by atoms with Gasteiger partial charge in [0.15, 0.2) is 0 Å². The van der Waals surface area contributed by atoms with Gasteiger partial charge in [0.2, 0.25) is 0 Å². The van der Waals surface area contributed by atoms with Gasteiger partial charge < -0.3 is 15.0 Å². The van der Waals surface area contributed by atoms with Gasteiger partial charge in [-0.15, -0.1) is 0 Å². The number of nitrogens with zero attached hydrogens (tertiary/aromatic N) is 2. The number of alkyl halides is 3. The number of benzene rings is 2. The monoisotopic (exact) mass is 441 g/mol. The van der Waals surface area contributed by atoms with Gasteiger partial charge in [0.25, 0.3) is 5.91 Å². The summed E-state index contributed by atoms with van der Waals surface area (Å²) in [5, 5.41) is 2.68. The van der Waals surface area contributed by atoms with E-state index in [9.17, 15) is 18.0 Å². The summed E-state index contributed by atoms with van der Waals surface area (Å²) in [6.45, 7) is 2.96. The topological polar surface area (TPSA) is 54.5 Å². The number of nitrogens with one attached hydrogen (secondary N) is 1. The molecule has 3 aromatic rings. The first-order valence-corrected chi connectivity index (χ1v) is 10.2. The van der Waals surface area contributed by atoms with Gasteiger partial charge in [-0.2, -0.15) is 13.2 Å². The Morgan fingerprint density at radius 3 is 2.50 bits per heavy atom. The van der Waals surface area contributed by atoms with Crippen molar-refractivity contribution in [1.29, 1.82) is 0 Å². The van der Waals surface area contributed by atoms with E-state index in [0.717, 1.165) is 42.2 Å². The number of hydrogen-bond acceptors (Lipinski definition) is 4. The highest BCUT2D eigenvalue weighted by Gasteiger charge is 2.30. The molecule has 2 heterocycles. The van der Waals surface area contributed by atoms with Crippen LogP contribution in [0, 0.1) is 0 Å². The van der Waals surface area contributed by atoms with Crippen LogP contribution in [0.5, 0.6) is 0 Å². The number of carbonyl (C=O) groups excluding carboxylic acids is 1. The van der Waals surface area contributed by atoms with E-state index in [4.69, 9.17) is 4.74 Å². The number of halogens is 3. The zero-order valence-corrected chi connectivity index (χ0v) is 17.2. The van der Waals surface area contributed by atoms with Crippen molar-refractivity contribution < 1.29 is 22.7 Å². The number of rotatable bonds is 5. The van der Waals surface area contributed by atoms with Crippen LogP contribution in [0.3, 0.4) is 0 Å². The fourth-order valence-electron chi connectivity index (χ4n) is 3.52. The number of hydrogen-bond donors (Lipinski definition) is 1. The third-order valence-electron chi connectivity index (χ3n) is 5.25. The van der Waals surface area contributed by atoms with Crippen molar-refractivity contribution >= 4 is 11.7 Å². The Morgan fingerprint density at radius 2 is 1.78 bits per heavy atom. The lowest BCUT2D eigenvalue weighted by Gasteiger charge is -2.27. The van der Waals surface area contributed by atoms with Crippen LogP contribution >= 0.6 is 0 Å². The van der Waals surface area contributed by atoms with Crippen LogP contribution < -0.4 is 10.2 Å². The van der Waals surface area contributed by atoms with Crippen LogP contribution in [-0.2, 0) is 17.5 Å². The van der Waals surface area contributed by atoms with E-state index in [-0.39, 0.29) is 12.5 Å². The van der Waals surface area contributed by atoms with Crippen molar-refractivity contribution in [3.63, 3.8) is 0 Å². The second-order valence-corrected chi connectivity index (χ2v) is 7.47. The van der Waals surface area contributed by atoms with Gasteiger partial charge in [0, 0.05) is 37.0 Å². The van der Waals surface area contributed by atoms with Gasteiger partial charge in [0.1, 0.15) is 5.82 Å². The molecule has 166 valence electrons. The molecule has 1 amide bonds. The summed E-state index contributed by atoms with van der Waals surface area (Å²) in [6.07, 6.45) is -2.65. The minimum absolute atomic E-state index is 0.00276. The first-order chi connectivity index (χ1) is 15.4. The zero-order valence-electron chi connectivity index (χ0n) is 17.2. The Kier molecular flexibility index (Phi) is 6.41. The Bertz CT molecular complexity index is 1080. The number of morpholine rings is 1. The summed E-state index contributed by atoms with van der Waals surface area (Å²) in [7, 11) is 0. The summed E-state index contributed by atoms with van der Waals surface area (Å²) in [4.78, 5) is 19.3. The predicted octanol–water partition coefficient (Wildman–Crippen LogP) is 4.53. The fraction of sp³-hybridized carbons (Fsp3) is 0.250. The average Bonchev–Trinajstić information content (AvgIpc) is 2.83. The minimum Gasteiger partial charge on any atom is -0.378 e. The molecular weight excluding hydrogens is 419 g/mol. The lowest BCUT2D eigenvalue weighted by molar-refractivity contribution is -0.137. The number of anilines is 1. The molecule has 8 heteroatoms. The fourth-order valence-corrected chi connectivity index (χ4v) is 3.52. The van der Waals surface area contributed by atoms with Gasteiger partial charge in [-0.25, -0.2) is 4.98 Å². The molecule has 0 spiro atoms. The second kappa shape index (κ2) is 9.40. The highest BCUT2D eigenvalue weighted by molar-refractivity contribution is 5.95. The molecule has 1 fully saturated rings. The summed E-state index contributed by atoms with van der Waals surface area (Å²) >= 11 is 0. The lowest BCUT2D eigenvalue weighted by Crippen LogP contribution is -2.36. The summed E-state index contributed by atoms with van der Waals surface area (Å²) in [6, 6.07) is 15.9. The van der Waals surface area contributed by atoms with Crippen LogP contribution in [0.2, 0.25) is 0 Å². The number of ether oxygens (including phenoxy) is 1. The smallest absolute Gasteiger partial charge is 0.378 e. The number of carbonyl (C=O) groups is 1. The van der Waals surface area contributed by atoms with E-state index in [1.54, 1.807) is 30.5 Å². The molecule has 1 aliphatic rings. The molecule has 4 rings (SSSR count). The molecule has 0 saturated carbocycles. The van der Waals surface area contributed by atoms with Gasteiger partial charge in [-0.3, -0.25) is 4.79 Å².